The summed E-state index contributed by atoms with van der Waals surface area (Å²) >= 11 is 0. The molecule has 9 heteroatoms. The number of aliphatic hydroxyl groups is 1. The summed E-state index contributed by atoms with van der Waals surface area (Å²) in [5.41, 5.74) is -0.946. The summed E-state index contributed by atoms with van der Waals surface area (Å²) in [6.07, 6.45) is 1.19. The van der Waals surface area contributed by atoms with Crippen molar-refractivity contribution in [2.45, 2.75) is 38.5 Å². The third-order valence-corrected chi connectivity index (χ3v) is 5.40. The number of sulfonamides is 1. The maximum Gasteiger partial charge on any atom is 0.357 e. The van der Waals surface area contributed by atoms with Crippen LogP contribution in [-0.2, 0) is 10.0 Å². The van der Waals surface area contributed by atoms with Gasteiger partial charge in [0.2, 0.25) is 10.0 Å². The summed E-state index contributed by atoms with van der Waals surface area (Å²) in [4.78, 5) is 10.7. The number of nitrogens with one attached hydrogen (secondary N) is 2. The van der Waals surface area contributed by atoms with E-state index in [1.807, 2.05) is 13.8 Å². The number of carboxylic acid groups (broad SMARTS) is 1. The van der Waals surface area contributed by atoms with Gasteiger partial charge in [0, 0.05) is 18.6 Å². The maximum atomic E-state index is 12.3. The van der Waals surface area contributed by atoms with E-state index in [2.05, 4.69) is 14.9 Å². The average Bonchev–Trinajstić information content (AvgIpc) is 2.84. The third kappa shape index (κ3) is 3.60. The van der Waals surface area contributed by atoms with Gasteiger partial charge in [0.15, 0.2) is 5.69 Å². The summed E-state index contributed by atoms with van der Waals surface area (Å²) in [6.45, 7) is 5.04. The lowest BCUT2D eigenvalue weighted by Gasteiger charge is -2.29. The van der Waals surface area contributed by atoms with E-state index in [4.69, 9.17) is 5.11 Å². The molecule has 1 rings (SSSR count). The van der Waals surface area contributed by atoms with Gasteiger partial charge in [-0.2, -0.15) is 5.10 Å². The topological polar surface area (TPSA) is 132 Å². The van der Waals surface area contributed by atoms with Gasteiger partial charge in [-0.15, -0.1) is 0 Å². The summed E-state index contributed by atoms with van der Waals surface area (Å²) < 4.78 is 27.0. The van der Waals surface area contributed by atoms with E-state index in [1.54, 1.807) is 0 Å². The Morgan fingerprint density at radius 1 is 1.38 bits per heavy atom. The van der Waals surface area contributed by atoms with Crippen LogP contribution in [0, 0.1) is 12.3 Å². The largest absolute Gasteiger partial charge is 0.476 e. The Balaban J connectivity index is 3.08. The Kier molecular flexibility index (Phi) is 5.48. The number of aryl methyl sites for hydroxylation is 1. The minimum absolute atomic E-state index is 0.0303. The van der Waals surface area contributed by atoms with Crippen LogP contribution in [0.1, 0.15) is 42.9 Å². The lowest BCUT2D eigenvalue weighted by atomic mass is 9.84. The molecule has 0 aliphatic rings. The molecular weight excluding hydrogens is 298 g/mol. The smallest absolute Gasteiger partial charge is 0.357 e. The van der Waals surface area contributed by atoms with Gasteiger partial charge in [-0.25, -0.2) is 17.9 Å². The van der Waals surface area contributed by atoms with Gasteiger partial charge < -0.3 is 10.2 Å². The normalized spacial score (nSPS) is 12.6. The fraction of sp³-hybridized carbons (Fsp3) is 0.667. The van der Waals surface area contributed by atoms with Crippen molar-refractivity contribution >= 4 is 16.0 Å². The Labute approximate surface area is 123 Å². The quantitative estimate of drug-likeness (QED) is 0.551. The number of aromatic carboxylic acids is 1. The first kappa shape index (κ1) is 17.6. The molecule has 0 aromatic carbocycles. The molecule has 0 atom stereocenters. The van der Waals surface area contributed by atoms with Gasteiger partial charge in [0.1, 0.15) is 4.90 Å². The zero-order chi connectivity index (χ0) is 16.3. The molecule has 0 amide bonds. The second kappa shape index (κ2) is 6.54. The molecule has 0 aliphatic heterocycles. The fourth-order valence-electron chi connectivity index (χ4n) is 1.99. The summed E-state index contributed by atoms with van der Waals surface area (Å²) in [5, 5.41) is 24.3. The molecule has 0 saturated carbocycles. The Hall–Kier alpha value is -1.45. The van der Waals surface area contributed by atoms with E-state index < -0.39 is 27.1 Å². The third-order valence-electron chi connectivity index (χ3n) is 3.83. The first-order chi connectivity index (χ1) is 9.73. The molecule has 0 radical (unpaired) electrons. The van der Waals surface area contributed by atoms with E-state index in [0.29, 0.717) is 12.8 Å². The molecule has 120 valence electrons. The lowest BCUT2D eigenvalue weighted by molar-refractivity contribution is 0.0686. The van der Waals surface area contributed by atoms with E-state index in [-0.39, 0.29) is 23.7 Å². The van der Waals surface area contributed by atoms with Crippen molar-refractivity contribution < 1.29 is 23.4 Å². The van der Waals surface area contributed by atoms with Crippen LogP contribution in [-0.4, -0.2) is 47.9 Å². The number of aromatic amines is 1. The second-order valence-corrected chi connectivity index (χ2v) is 6.73. The molecule has 4 N–H and O–H groups in total. The van der Waals surface area contributed by atoms with E-state index in [1.165, 1.54) is 6.92 Å². The van der Waals surface area contributed by atoms with Crippen molar-refractivity contribution in [3.05, 3.63) is 11.4 Å². The van der Waals surface area contributed by atoms with Crippen molar-refractivity contribution in [1.82, 2.24) is 14.9 Å². The summed E-state index contributed by atoms with van der Waals surface area (Å²) in [6, 6.07) is 0. The predicted molar refractivity (Wildman–Crippen MR) is 75.6 cm³/mol. The van der Waals surface area contributed by atoms with Crippen LogP contribution in [0.5, 0.6) is 0 Å². The Morgan fingerprint density at radius 3 is 2.38 bits per heavy atom. The average molecular weight is 319 g/mol. The number of H-pyrrole nitrogens is 1. The van der Waals surface area contributed by atoms with Crippen molar-refractivity contribution in [1.29, 1.82) is 0 Å². The molecular formula is C12H21N3O5S. The predicted octanol–water partition coefficient (Wildman–Crippen LogP) is 0.493. The number of nitrogens with zero attached hydrogens (tertiary/aromatic N) is 1. The number of carbonyl (C=O) groups is 1. The molecule has 8 nitrogen and oxygen atoms in total. The van der Waals surface area contributed by atoms with Crippen molar-refractivity contribution in [2.75, 3.05) is 13.2 Å². The molecule has 0 bridgehead atoms. The zero-order valence-corrected chi connectivity index (χ0v) is 13.1. The van der Waals surface area contributed by atoms with Gasteiger partial charge in [-0.05, 0) is 19.8 Å². The standard InChI is InChI=1S/C12H21N3O5S/c1-4-12(5-2,7-16)6-13-21(19,20)10-8(3)14-15-9(10)11(17)18/h13,16H,4-7H2,1-3H3,(H,14,15)(H,17,18). The SMILES string of the molecule is CCC(CC)(CO)CNS(=O)(=O)c1c(C(=O)O)n[nH]c1C. The van der Waals surface area contributed by atoms with Crippen LogP contribution in [0.4, 0.5) is 0 Å². The number of carboxylic acids is 1. The Bertz CT molecular complexity index is 596. The van der Waals surface area contributed by atoms with Crippen LogP contribution < -0.4 is 4.72 Å². The van der Waals surface area contributed by atoms with E-state index in [9.17, 15) is 18.3 Å². The molecule has 0 saturated heterocycles. The molecule has 1 heterocycles. The molecule has 1 aromatic rings. The number of hydrogen-bond acceptors (Lipinski definition) is 5. The van der Waals surface area contributed by atoms with E-state index >= 15 is 0 Å². The molecule has 1 aromatic heterocycles. The highest BCUT2D eigenvalue weighted by molar-refractivity contribution is 7.89. The van der Waals surface area contributed by atoms with Gasteiger partial charge >= 0.3 is 5.97 Å². The first-order valence-electron chi connectivity index (χ1n) is 6.61. The molecule has 21 heavy (non-hydrogen) atoms. The van der Waals surface area contributed by atoms with Crippen LogP contribution in [0.2, 0.25) is 0 Å². The first-order valence-corrected chi connectivity index (χ1v) is 8.10. The number of rotatable bonds is 8. The highest BCUT2D eigenvalue weighted by atomic mass is 32.2. The van der Waals surface area contributed by atoms with Crippen molar-refractivity contribution in [3.63, 3.8) is 0 Å². The lowest BCUT2D eigenvalue weighted by Crippen LogP contribution is -2.39. The molecule has 0 spiro atoms. The number of aromatic nitrogens is 2. The molecule has 0 fully saturated rings. The molecule has 0 aliphatic carbocycles. The number of hydrogen-bond donors (Lipinski definition) is 4. The number of aliphatic hydroxyl groups excluding tert-OH is 1. The van der Waals surface area contributed by atoms with Crippen LogP contribution in [0.3, 0.4) is 0 Å². The van der Waals surface area contributed by atoms with E-state index in [0.717, 1.165) is 0 Å². The molecule has 0 unspecified atom stereocenters. The van der Waals surface area contributed by atoms with Crippen LogP contribution in [0.25, 0.3) is 0 Å². The maximum absolute atomic E-state index is 12.3. The minimum atomic E-state index is -4.02. The van der Waals surface area contributed by atoms with Crippen molar-refractivity contribution in [2.24, 2.45) is 5.41 Å². The summed E-state index contributed by atoms with van der Waals surface area (Å²) in [7, 11) is -4.02. The highest BCUT2D eigenvalue weighted by Gasteiger charge is 2.32. The van der Waals surface area contributed by atoms with Crippen molar-refractivity contribution in [3.8, 4) is 0 Å². The van der Waals surface area contributed by atoms with Gasteiger partial charge in [-0.3, -0.25) is 5.10 Å². The fourth-order valence-corrected chi connectivity index (χ4v) is 3.47. The zero-order valence-electron chi connectivity index (χ0n) is 12.3. The van der Waals surface area contributed by atoms with Gasteiger partial charge in [0.25, 0.3) is 0 Å². The Morgan fingerprint density at radius 2 is 1.95 bits per heavy atom. The van der Waals surface area contributed by atoms with Gasteiger partial charge in [0.05, 0.1) is 5.69 Å². The summed E-state index contributed by atoms with van der Waals surface area (Å²) in [5.74, 6) is -1.42. The van der Waals surface area contributed by atoms with Gasteiger partial charge in [-0.1, -0.05) is 13.8 Å². The highest BCUT2D eigenvalue weighted by Crippen LogP contribution is 2.26. The second-order valence-electron chi connectivity index (χ2n) is 5.02. The van der Waals surface area contributed by atoms with Crippen LogP contribution >= 0.6 is 0 Å². The minimum Gasteiger partial charge on any atom is -0.476 e. The van der Waals surface area contributed by atoms with Crippen LogP contribution in [0.15, 0.2) is 4.90 Å². The monoisotopic (exact) mass is 319 g/mol.